The number of carbonyl (C=O) groups is 1. The number of hydrogen-bond donors (Lipinski definition) is 2. The average molecular weight is 472 g/mol. The number of halogens is 2. The van der Waals surface area contributed by atoms with Gasteiger partial charge in [-0.1, -0.05) is 12.1 Å². The van der Waals surface area contributed by atoms with Gasteiger partial charge in [-0.3, -0.25) is 9.36 Å². The maximum absolute atomic E-state index is 15.2. The van der Waals surface area contributed by atoms with Gasteiger partial charge in [-0.2, -0.15) is 4.68 Å². The van der Waals surface area contributed by atoms with Crippen LogP contribution >= 0.6 is 0 Å². The largest absolute Gasteiger partial charge is 0.487 e. The molecule has 1 aliphatic heterocycles. The molecule has 0 saturated heterocycles. The third kappa shape index (κ3) is 4.45. The molecule has 10 heteroatoms. The van der Waals surface area contributed by atoms with Gasteiger partial charge in [-0.25, -0.2) is 13.6 Å². The maximum Gasteiger partial charge on any atom is 0.350 e. The minimum Gasteiger partial charge on any atom is -0.487 e. The molecule has 1 amide bonds. The fraction of sp³-hybridized carbons (Fsp3) is 0.375. The van der Waals surface area contributed by atoms with Crippen molar-refractivity contribution < 1.29 is 23.4 Å². The molecule has 3 aromatic rings. The van der Waals surface area contributed by atoms with Crippen molar-refractivity contribution in [1.82, 2.24) is 14.3 Å². The smallest absolute Gasteiger partial charge is 0.350 e. The first kappa shape index (κ1) is 23.6. The number of benzene rings is 2. The van der Waals surface area contributed by atoms with Crippen LogP contribution in [0.5, 0.6) is 5.75 Å². The van der Waals surface area contributed by atoms with E-state index in [0.29, 0.717) is 24.4 Å². The van der Waals surface area contributed by atoms with Gasteiger partial charge in [0.2, 0.25) is 0 Å². The van der Waals surface area contributed by atoms with Crippen LogP contribution in [0.1, 0.15) is 48.4 Å². The van der Waals surface area contributed by atoms with Gasteiger partial charge in [-0.15, -0.1) is 5.10 Å². The van der Waals surface area contributed by atoms with Gasteiger partial charge >= 0.3 is 5.69 Å². The van der Waals surface area contributed by atoms with Crippen LogP contribution in [0.25, 0.3) is 5.69 Å². The first-order valence-corrected chi connectivity index (χ1v) is 11.1. The summed E-state index contributed by atoms with van der Waals surface area (Å²) in [4.78, 5) is 25.9. The standard InChI is InChI=1S/C24H26F2N4O4/c1-13-7-6-8-17(25)22(13)27-23(32)16-11-18(26)19(12-20(16)34-15(3)14(2)31)30-24(33)29-10-5-4-9-21(29)28-30/h6-8,11-12,14-15,31H,4-5,9-10H2,1-3H3,(H,27,32)/t14-,15-/m1/s1. The fourth-order valence-corrected chi connectivity index (χ4v) is 3.81. The molecule has 0 bridgehead atoms. The van der Waals surface area contributed by atoms with Gasteiger partial charge in [0.25, 0.3) is 5.91 Å². The summed E-state index contributed by atoms with van der Waals surface area (Å²) >= 11 is 0. The van der Waals surface area contributed by atoms with Gasteiger partial charge in [0.1, 0.15) is 35.0 Å². The first-order valence-electron chi connectivity index (χ1n) is 11.1. The maximum atomic E-state index is 15.2. The SMILES string of the molecule is Cc1cccc(F)c1NC(=O)c1cc(F)c(-n2nc3n(c2=O)CCCC3)cc1O[C@H](C)[C@@H](C)O. The van der Waals surface area contributed by atoms with E-state index in [2.05, 4.69) is 10.4 Å². The lowest BCUT2D eigenvalue weighted by molar-refractivity contribution is 0.0594. The molecule has 0 fully saturated rings. The second-order valence-corrected chi connectivity index (χ2v) is 8.47. The molecule has 0 unspecified atom stereocenters. The second kappa shape index (κ2) is 9.38. The Bertz CT molecular complexity index is 1280. The number of nitrogens with one attached hydrogen (secondary N) is 1. The third-order valence-corrected chi connectivity index (χ3v) is 5.95. The van der Waals surface area contributed by atoms with Crippen LogP contribution in [0.3, 0.4) is 0 Å². The number of ether oxygens (including phenoxy) is 1. The number of rotatable bonds is 6. The lowest BCUT2D eigenvalue weighted by atomic mass is 10.1. The topological polar surface area (TPSA) is 98.4 Å². The number of para-hydroxylation sites is 1. The predicted molar refractivity (Wildman–Crippen MR) is 122 cm³/mol. The zero-order chi connectivity index (χ0) is 24.6. The number of anilines is 1. The van der Waals surface area contributed by atoms with E-state index < -0.39 is 35.4 Å². The molecule has 4 rings (SSSR count). The molecule has 1 aromatic heterocycles. The van der Waals surface area contributed by atoms with E-state index in [1.54, 1.807) is 19.9 Å². The molecular weight excluding hydrogens is 446 g/mol. The van der Waals surface area contributed by atoms with E-state index in [-0.39, 0.29) is 22.7 Å². The number of carbonyl (C=O) groups excluding carboxylic acids is 1. The Morgan fingerprint density at radius 3 is 2.65 bits per heavy atom. The highest BCUT2D eigenvalue weighted by molar-refractivity contribution is 6.06. The summed E-state index contributed by atoms with van der Waals surface area (Å²) in [5.41, 5.74) is -0.432. The molecule has 0 spiro atoms. The van der Waals surface area contributed by atoms with E-state index in [1.807, 2.05) is 0 Å². The van der Waals surface area contributed by atoms with E-state index in [4.69, 9.17) is 4.74 Å². The minimum atomic E-state index is -0.902. The van der Waals surface area contributed by atoms with Gasteiger partial charge in [0.05, 0.1) is 17.4 Å². The number of fused-ring (bicyclic) bond motifs is 1. The molecule has 2 aromatic carbocycles. The Morgan fingerprint density at radius 1 is 1.21 bits per heavy atom. The van der Waals surface area contributed by atoms with Crippen molar-refractivity contribution in [3.63, 3.8) is 0 Å². The lowest BCUT2D eigenvalue weighted by Gasteiger charge is -2.20. The number of hydrogen-bond acceptors (Lipinski definition) is 5. The quantitative estimate of drug-likeness (QED) is 0.573. The summed E-state index contributed by atoms with van der Waals surface area (Å²) in [6.45, 7) is 5.21. The van der Waals surface area contributed by atoms with Gasteiger partial charge in [0, 0.05) is 19.0 Å². The Balaban J connectivity index is 1.79. The van der Waals surface area contributed by atoms with Crippen LogP contribution in [0.4, 0.5) is 14.5 Å². The van der Waals surface area contributed by atoms with Crippen LogP contribution in [0, 0.1) is 18.6 Å². The van der Waals surface area contributed by atoms with Crippen LogP contribution < -0.4 is 15.7 Å². The molecule has 2 heterocycles. The summed E-state index contributed by atoms with van der Waals surface area (Å²) in [5.74, 6) is -1.82. The Labute approximate surface area is 194 Å². The van der Waals surface area contributed by atoms with Crippen molar-refractivity contribution in [2.75, 3.05) is 5.32 Å². The van der Waals surface area contributed by atoms with Crippen LogP contribution in [0.15, 0.2) is 35.1 Å². The Morgan fingerprint density at radius 2 is 1.97 bits per heavy atom. The number of aromatic nitrogens is 3. The molecule has 180 valence electrons. The fourth-order valence-electron chi connectivity index (χ4n) is 3.81. The number of aliphatic hydroxyl groups is 1. The van der Waals surface area contributed by atoms with E-state index in [1.165, 1.54) is 29.7 Å². The van der Waals surface area contributed by atoms with Gasteiger partial charge < -0.3 is 15.2 Å². The molecule has 1 aliphatic rings. The van der Waals surface area contributed by atoms with Crippen LogP contribution in [-0.2, 0) is 13.0 Å². The molecule has 2 N–H and O–H groups in total. The first-order chi connectivity index (χ1) is 16.2. The highest BCUT2D eigenvalue weighted by atomic mass is 19.1. The van der Waals surface area contributed by atoms with Crippen molar-refractivity contribution in [2.45, 2.75) is 58.8 Å². The summed E-state index contributed by atoms with van der Waals surface area (Å²) in [6, 6.07) is 6.47. The van der Waals surface area contributed by atoms with Crippen molar-refractivity contribution in [3.05, 3.63) is 69.4 Å². The van der Waals surface area contributed by atoms with Crippen molar-refractivity contribution in [3.8, 4) is 11.4 Å². The molecule has 0 saturated carbocycles. The molecule has 8 nitrogen and oxygen atoms in total. The van der Waals surface area contributed by atoms with Crippen LogP contribution in [-0.4, -0.2) is 37.6 Å². The normalized spacial score (nSPS) is 14.9. The minimum absolute atomic E-state index is 0.0375. The summed E-state index contributed by atoms with van der Waals surface area (Å²) in [6.07, 6.45) is 0.659. The summed E-state index contributed by atoms with van der Waals surface area (Å²) < 4.78 is 37.7. The zero-order valence-corrected chi connectivity index (χ0v) is 19.1. The number of aliphatic hydroxyl groups excluding tert-OH is 1. The van der Waals surface area contributed by atoms with Gasteiger partial charge in [-0.05, 0) is 51.3 Å². The van der Waals surface area contributed by atoms with Crippen LogP contribution in [0.2, 0.25) is 0 Å². The summed E-state index contributed by atoms with van der Waals surface area (Å²) in [7, 11) is 0. The van der Waals surface area contributed by atoms with E-state index in [0.717, 1.165) is 23.6 Å². The molecule has 2 atom stereocenters. The monoisotopic (exact) mass is 472 g/mol. The highest BCUT2D eigenvalue weighted by Gasteiger charge is 2.25. The summed E-state index contributed by atoms with van der Waals surface area (Å²) in [5, 5.41) is 16.6. The van der Waals surface area contributed by atoms with E-state index in [9.17, 15) is 19.1 Å². The highest BCUT2D eigenvalue weighted by Crippen LogP contribution is 2.29. The Kier molecular flexibility index (Phi) is 6.52. The van der Waals surface area contributed by atoms with Crippen molar-refractivity contribution >= 4 is 11.6 Å². The van der Waals surface area contributed by atoms with Crippen molar-refractivity contribution in [2.24, 2.45) is 0 Å². The number of nitrogens with zero attached hydrogens (tertiary/aromatic N) is 3. The second-order valence-electron chi connectivity index (χ2n) is 8.47. The Hall–Kier alpha value is -3.53. The molecule has 34 heavy (non-hydrogen) atoms. The van der Waals surface area contributed by atoms with Gasteiger partial charge in [0.15, 0.2) is 0 Å². The molecule has 0 radical (unpaired) electrons. The zero-order valence-electron chi connectivity index (χ0n) is 19.1. The average Bonchev–Trinajstić information content (AvgIpc) is 3.13. The number of amides is 1. The third-order valence-electron chi connectivity index (χ3n) is 5.95. The van der Waals surface area contributed by atoms with Crippen molar-refractivity contribution in [1.29, 1.82) is 0 Å². The number of aryl methyl sites for hydroxylation is 2. The molecule has 0 aliphatic carbocycles. The molecular formula is C24H26F2N4O4. The lowest BCUT2D eigenvalue weighted by Crippen LogP contribution is -2.28. The van der Waals surface area contributed by atoms with E-state index >= 15 is 4.39 Å². The predicted octanol–water partition coefficient (Wildman–Crippen LogP) is 3.36.